The van der Waals surface area contributed by atoms with Crippen molar-refractivity contribution < 1.29 is 32.6 Å². The molecule has 5 nitrogen and oxygen atoms in total. The fourth-order valence-electron chi connectivity index (χ4n) is 2.20. The van der Waals surface area contributed by atoms with Gasteiger partial charge < -0.3 is 15.2 Å². The summed E-state index contributed by atoms with van der Waals surface area (Å²) in [4.78, 5) is 21.8. The molecule has 1 aliphatic rings. The maximum Gasteiger partial charge on any atom is 0.471 e. The van der Waals surface area contributed by atoms with E-state index >= 15 is 0 Å². The molecule has 1 amide bonds. The van der Waals surface area contributed by atoms with Crippen LogP contribution in [-0.4, -0.2) is 35.8 Å². The third-order valence-electron chi connectivity index (χ3n) is 3.34. The van der Waals surface area contributed by atoms with Gasteiger partial charge in [-0.2, -0.15) is 13.2 Å². The van der Waals surface area contributed by atoms with E-state index in [9.17, 15) is 22.8 Å². The fourth-order valence-corrected chi connectivity index (χ4v) is 2.20. The van der Waals surface area contributed by atoms with Crippen LogP contribution in [0.5, 0.6) is 5.75 Å². The minimum Gasteiger partial charge on any atom is -0.493 e. The Morgan fingerprint density at radius 2 is 2.09 bits per heavy atom. The summed E-state index contributed by atoms with van der Waals surface area (Å²) in [5, 5.41) is 10.4. The number of amides is 1. The van der Waals surface area contributed by atoms with Crippen LogP contribution in [0.4, 0.5) is 13.2 Å². The summed E-state index contributed by atoms with van der Waals surface area (Å²) in [6, 6.07) is 3.74. The Balaban J connectivity index is 1.97. The van der Waals surface area contributed by atoms with Crippen LogP contribution < -0.4 is 10.1 Å². The zero-order valence-corrected chi connectivity index (χ0v) is 11.4. The fraction of sp³-hybridized carbons (Fsp3) is 0.429. The van der Waals surface area contributed by atoms with E-state index in [1.165, 1.54) is 5.32 Å². The molecule has 8 heteroatoms. The summed E-state index contributed by atoms with van der Waals surface area (Å²) in [5.41, 5.74) is 1.78. The topological polar surface area (TPSA) is 75.6 Å². The number of carboxylic acid groups (broad SMARTS) is 1. The zero-order chi connectivity index (χ0) is 16.3. The standard InChI is InChI=1S/C14H14F3NO4/c15-14(16,17)13(21)18-10(12(19)20)3-1-8-2-4-11-9(7-8)5-6-22-11/h2,4,7,10H,1,3,5-6H2,(H,18,21)(H,19,20). The first-order chi connectivity index (χ1) is 10.3. The number of carbonyl (C=O) groups is 2. The van der Waals surface area contributed by atoms with Crippen molar-refractivity contribution in [3.05, 3.63) is 29.3 Å². The first-order valence-corrected chi connectivity index (χ1v) is 6.62. The lowest BCUT2D eigenvalue weighted by molar-refractivity contribution is -0.175. The van der Waals surface area contributed by atoms with Crippen molar-refractivity contribution in [3.63, 3.8) is 0 Å². The highest BCUT2D eigenvalue weighted by Crippen LogP contribution is 2.26. The molecule has 0 fully saturated rings. The number of alkyl halides is 3. The molecule has 0 saturated carbocycles. The average Bonchev–Trinajstić information content (AvgIpc) is 2.89. The molecule has 2 N–H and O–H groups in total. The SMILES string of the molecule is O=C(O)C(CCc1ccc2c(c1)CCO2)NC(=O)C(F)(F)F. The van der Waals surface area contributed by atoms with Crippen LogP contribution in [0.15, 0.2) is 18.2 Å². The molecule has 1 heterocycles. The lowest BCUT2D eigenvalue weighted by atomic mass is 10.0. The highest BCUT2D eigenvalue weighted by Gasteiger charge is 2.40. The molecule has 1 atom stereocenters. The van der Waals surface area contributed by atoms with Gasteiger partial charge in [0.1, 0.15) is 11.8 Å². The van der Waals surface area contributed by atoms with Gasteiger partial charge in [0.2, 0.25) is 0 Å². The maximum atomic E-state index is 12.2. The molecule has 1 aromatic carbocycles. The van der Waals surface area contributed by atoms with Gasteiger partial charge in [-0.15, -0.1) is 0 Å². The molecule has 0 bridgehead atoms. The summed E-state index contributed by atoms with van der Waals surface area (Å²) in [6.07, 6.45) is -4.24. The first-order valence-electron chi connectivity index (χ1n) is 6.62. The van der Waals surface area contributed by atoms with Gasteiger partial charge in [0.25, 0.3) is 0 Å². The van der Waals surface area contributed by atoms with Crippen molar-refractivity contribution >= 4 is 11.9 Å². The summed E-state index contributed by atoms with van der Waals surface area (Å²) in [5.74, 6) is -2.98. The van der Waals surface area contributed by atoms with Gasteiger partial charge in [-0.05, 0) is 30.0 Å². The lowest BCUT2D eigenvalue weighted by Crippen LogP contribution is -2.47. The van der Waals surface area contributed by atoms with Crippen molar-refractivity contribution in [2.75, 3.05) is 6.61 Å². The first kappa shape index (κ1) is 16.1. The lowest BCUT2D eigenvalue weighted by Gasteiger charge is -2.15. The number of aliphatic carboxylic acids is 1. The van der Waals surface area contributed by atoms with Crippen LogP contribution >= 0.6 is 0 Å². The second kappa shape index (κ2) is 6.25. The van der Waals surface area contributed by atoms with Crippen LogP contribution in [-0.2, 0) is 22.4 Å². The van der Waals surface area contributed by atoms with Gasteiger partial charge in [-0.1, -0.05) is 12.1 Å². The van der Waals surface area contributed by atoms with Crippen LogP contribution in [0.2, 0.25) is 0 Å². The van der Waals surface area contributed by atoms with Gasteiger partial charge in [-0.3, -0.25) is 4.79 Å². The third-order valence-corrected chi connectivity index (χ3v) is 3.34. The zero-order valence-electron chi connectivity index (χ0n) is 11.4. The van der Waals surface area contributed by atoms with E-state index in [2.05, 4.69) is 0 Å². The minimum absolute atomic E-state index is 0.128. The molecule has 0 saturated heterocycles. The van der Waals surface area contributed by atoms with Gasteiger partial charge in [0.05, 0.1) is 6.61 Å². The molecular weight excluding hydrogens is 303 g/mol. The molecule has 120 valence electrons. The normalized spacial score (nSPS) is 14.9. The summed E-state index contributed by atoms with van der Waals surface area (Å²) in [6.45, 7) is 0.582. The molecule has 0 spiro atoms. The van der Waals surface area contributed by atoms with Crippen molar-refractivity contribution in [2.45, 2.75) is 31.5 Å². The second-order valence-electron chi connectivity index (χ2n) is 4.94. The number of hydrogen-bond acceptors (Lipinski definition) is 3. The Hall–Kier alpha value is -2.25. The summed E-state index contributed by atoms with van der Waals surface area (Å²) < 4.78 is 41.8. The van der Waals surface area contributed by atoms with Gasteiger partial charge in [0.15, 0.2) is 0 Å². The smallest absolute Gasteiger partial charge is 0.471 e. The highest BCUT2D eigenvalue weighted by atomic mass is 19.4. The number of hydrogen-bond donors (Lipinski definition) is 2. The van der Waals surface area contributed by atoms with E-state index in [0.29, 0.717) is 6.61 Å². The summed E-state index contributed by atoms with van der Waals surface area (Å²) >= 11 is 0. The number of aryl methyl sites for hydroxylation is 1. The molecule has 1 unspecified atom stereocenters. The van der Waals surface area contributed by atoms with Crippen LogP contribution in [0.3, 0.4) is 0 Å². The number of rotatable bonds is 5. The van der Waals surface area contributed by atoms with Crippen LogP contribution in [0, 0.1) is 0 Å². The molecule has 2 rings (SSSR count). The number of fused-ring (bicyclic) bond motifs is 1. The monoisotopic (exact) mass is 317 g/mol. The third kappa shape index (κ3) is 3.90. The van der Waals surface area contributed by atoms with E-state index in [0.717, 1.165) is 23.3 Å². The summed E-state index contributed by atoms with van der Waals surface area (Å²) in [7, 11) is 0. The molecule has 0 aliphatic carbocycles. The molecule has 0 aromatic heterocycles. The van der Waals surface area contributed by atoms with E-state index in [-0.39, 0.29) is 12.8 Å². The number of halogens is 3. The second-order valence-corrected chi connectivity index (χ2v) is 4.94. The number of carbonyl (C=O) groups excluding carboxylic acids is 1. The van der Waals surface area contributed by atoms with E-state index in [4.69, 9.17) is 9.84 Å². The number of nitrogens with one attached hydrogen (secondary N) is 1. The average molecular weight is 317 g/mol. The molecule has 1 aromatic rings. The molecular formula is C14H14F3NO4. The molecule has 1 aliphatic heterocycles. The van der Waals surface area contributed by atoms with Crippen molar-refractivity contribution in [3.8, 4) is 5.75 Å². The van der Waals surface area contributed by atoms with Gasteiger partial charge in [-0.25, -0.2) is 4.79 Å². The molecule has 22 heavy (non-hydrogen) atoms. The quantitative estimate of drug-likeness (QED) is 0.866. The highest BCUT2D eigenvalue weighted by molar-refractivity contribution is 5.86. The largest absolute Gasteiger partial charge is 0.493 e. The van der Waals surface area contributed by atoms with E-state index in [1.807, 2.05) is 6.07 Å². The Morgan fingerprint density at radius 3 is 2.73 bits per heavy atom. The predicted octanol–water partition coefficient (Wildman–Crippen LogP) is 1.69. The number of ether oxygens (including phenoxy) is 1. The van der Waals surface area contributed by atoms with Crippen molar-refractivity contribution in [2.24, 2.45) is 0 Å². The Labute approximate surface area is 124 Å². The van der Waals surface area contributed by atoms with Crippen molar-refractivity contribution in [1.82, 2.24) is 5.32 Å². The van der Waals surface area contributed by atoms with Crippen molar-refractivity contribution in [1.29, 1.82) is 0 Å². The van der Waals surface area contributed by atoms with Crippen LogP contribution in [0.25, 0.3) is 0 Å². The van der Waals surface area contributed by atoms with E-state index in [1.54, 1.807) is 12.1 Å². The Kier molecular flexibility index (Phi) is 4.58. The Bertz CT molecular complexity index is 586. The van der Waals surface area contributed by atoms with Gasteiger partial charge >= 0.3 is 18.1 Å². The van der Waals surface area contributed by atoms with Gasteiger partial charge in [0, 0.05) is 6.42 Å². The Morgan fingerprint density at radius 1 is 1.36 bits per heavy atom. The maximum absolute atomic E-state index is 12.2. The minimum atomic E-state index is -5.10. The predicted molar refractivity (Wildman–Crippen MR) is 69.6 cm³/mol. The molecule has 0 radical (unpaired) electrons. The van der Waals surface area contributed by atoms with E-state index < -0.39 is 24.1 Å². The van der Waals surface area contributed by atoms with Crippen LogP contribution in [0.1, 0.15) is 17.5 Å². The number of benzene rings is 1. The number of carboxylic acids is 1.